The highest BCUT2D eigenvalue weighted by Crippen LogP contribution is 2.38. The number of phenolic OH excluding ortho intramolecular Hbond substituents is 1. The highest BCUT2D eigenvalue weighted by molar-refractivity contribution is 5.85. The van der Waals surface area contributed by atoms with Crippen LogP contribution >= 0.6 is 0 Å². The lowest BCUT2D eigenvalue weighted by Gasteiger charge is -2.25. The summed E-state index contributed by atoms with van der Waals surface area (Å²) in [6.07, 6.45) is 1.85. The van der Waals surface area contributed by atoms with E-state index < -0.39 is 0 Å². The van der Waals surface area contributed by atoms with E-state index in [1.54, 1.807) is 0 Å². The lowest BCUT2D eigenvalue weighted by molar-refractivity contribution is 0.411. The minimum atomic E-state index is -0.0190. The molecule has 0 aliphatic carbocycles. The number of hydrogen-bond donors (Lipinski definition) is 2. The fraction of sp³-hybridized carbons (Fsp3) is 0.375. The van der Waals surface area contributed by atoms with Crippen molar-refractivity contribution in [2.75, 3.05) is 0 Å². The Kier molecular flexibility index (Phi) is 5.00. The number of aromatic nitrogens is 1. The molecule has 0 radical (unpaired) electrons. The van der Waals surface area contributed by atoms with E-state index in [9.17, 15) is 5.11 Å². The molecule has 3 nitrogen and oxygen atoms in total. The van der Waals surface area contributed by atoms with Gasteiger partial charge in [0.05, 0.1) is 5.52 Å². The van der Waals surface area contributed by atoms with E-state index in [4.69, 9.17) is 0 Å². The third-order valence-electron chi connectivity index (χ3n) is 4.77. The number of phenols is 1. The van der Waals surface area contributed by atoms with Gasteiger partial charge in [0.15, 0.2) is 0 Å². The van der Waals surface area contributed by atoms with Gasteiger partial charge in [-0.05, 0) is 49.9 Å². The minimum Gasteiger partial charge on any atom is -0.507 e. The quantitative estimate of drug-likeness (QED) is 0.619. The van der Waals surface area contributed by atoms with Crippen LogP contribution in [0.1, 0.15) is 52.7 Å². The van der Waals surface area contributed by atoms with Gasteiger partial charge in [-0.3, -0.25) is 4.98 Å². The second kappa shape index (κ2) is 6.97. The zero-order valence-electron chi connectivity index (χ0n) is 17.2. The molecule has 0 unspecified atom stereocenters. The molecule has 0 bridgehead atoms. The number of hydrogen-bond acceptors (Lipinski definition) is 3. The molecule has 0 spiro atoms. The smallest absolute Gasteiger partial charge is 0.127 e. The monoisotopic (exact) mass is 362 g/mol. The van der Waals surface area contributed by atoms with Crippen LogP contribution in [-0.4, -0.2) is 15.6 Å². The Morgan fingerprint density at radius 1 is 0.963 bits per heavy atom. The van der Waals surface area contributed by atoms with Crippen LogP contribution < -0.4 is 5.32 Å². The molecule has 0 atom stereocenters. The Bertz CT molecular complexity index is 962. The zero-order chi connectivity index (χ0) is 19.8. The molecule has 3 heteroatoms. The van der Waals surface area contributed by atoms with Crippen molar-refractivity contribution in [1.29, 1.82) is 0 Å². The third-order valence-corrected chi connectivity index (χ3v) is 4.77. The highest BCUT2D eigenvalue weighted by Gasteiger charge is 2.20. The first kappa shape index (κ1) is 19.4. The second-order valence-electron chi connectivity index (χ2n) is 9.30. The van der Waals surface area contributed by atoms with Crippen LogP contribution in [0.15, 0.2) is 48.7 Å². The van der Waals surface area contributed by atoms with Crippen LogP contribution in [-0.2, 0) is 12.0 Å². The number of rotatable bonds is 3. The predicted molar refractivity (Wildman–Crippen MR) is 114 cm³/mol. The zero-order valence-corrected chi connectivity index (χ0v) is 17.2. The standard InChI is InChI=1S/C24H30N2O/c1-23(2,3)19-12-18(15-26-24(4,5)6)22(27)20(13-19)17-11-16-9-7-8-10-21(16)25-14-17/h7-14,26-27H,15H2,1-6H3. The third kappa shape index (κ3) is 4.48. The maximum absolute atomic E-state index is 11.0. The fourth-order valence-electron chi connectivity index (χ4n) is 3.06. The normalized spacial score (nSPS) is 12.5. The van der Waals surface area contributed by atoms with Crippen molar-refractivity contribution in [2.45, 2.75) is 59.0 Å². The lowest BCUT2D eigenvalue weighted by atomic mass is 9.83. The van der Waals surface area contributed by atoms with Crippen LogP contribution in [0.25, 0.3) is 22.0 Å². The lowest BCUT2D eigenvalue weighted by Crippen LogP contribution is -2.35. The molecule has 0 aliphatic heterocycles. The topological polar surface area (TPSA) is 45.2 Å². The molecule has 0 aliphatic rings. The van der Waals surface area contributed by atoms with Gasteiger partial charge in [-0.25, -0.2) is 0 Å². The van der Waals surface area contributed by atoms with Gasteiger partial charge in [0.2, 0.25) is 0 Å². The summed E-state index contributed by atoms with van der Waals surface area (Å²) in [5.74, 6) is 0.330. The summed E-state index contributed by atoms with van der Waals surface area (Å²) in [5.41, 5.74) is 4.83. The van der Waals surface area contributed by atoms with E-state index in [0.29, 0.717) is 12.3 Å². The van der Waals surface area contributed by atoms with E-state index in [1.165, 1.54) is 5.56 Å². The van der Waals surface area contributed by atoms with Crippen molar-refractivity contribution in [1.82, 2.24) is 10.3 Å². The molecule has 3 aromatic rings. The Morgan fingerprint density at radius 3 is 2.33 bits per heavy atom. The number of benzene rings is 2. The van der Waals surface area contributed by atoms with Crippen molar-refractivity contribution < 1.29 is 5.11 Å². The number of pyridine rings is 1. The summed E-state index contributed by atoms with van der Waals surface area (Å²) in [6, 6.07) is 14.4. The molecule has 1 aromatic heterocycles. The maximum atomic E-state index is 11.0. The van der Waals surface area contributed by atoms with Crippen LogP contribution in [0.3, 0.4) is 0 Å². The predicted octanol–water partition coefficient (Wildman–Crippen LogP) is 5.79. The highest BCUT2D eigenvalue weighted by atomic mass is 16.3. The molecule has 2 N–H and O–H groups in total. The van der Waals surface area contributed by atoms with E-state index in [1.807, 2.05) is 24.4 Å². The number of nitrogens with one attached hydrogen (secondary N) is 1. The summed E-state index contributed by atoms with van der Waals surface area (Å²) in [4.78, 5) is 4.58. The summed E-state index contributed by atoms with van der Waals surface area (Å²) in [5, 5.41) is 15.6. The Hall–Kier alpha value is -2.39. The summed E-state index contributed by atoms with van der Waals surface area (Å²) in [7, 11) is 0. The van der Waals surface area contributed by atoms with Crippen LogP contribution in [0.5, 0.6) is 5.75 Å². The molecule has 0 fully saturated rings. The van der Waals surface area contributed by atoms with E-state index in [2.05, 4.69) is 76.1 Å². The molecule has 0 amide bonds. The van der Waals surface area contributed by atoms with Crippen molar-refractivity contribution >= 4 is 10.9 Å². The number of nitrogens with zero attached hydrogens (tertiary/aromatic N) is 1. The Labute approximate surface area is 162 Å². The number of para-hydroxylation sites is 1. The first-order valence-electron chi connectivity index (χ1n) is 9.51. The van der Waals surface area contributed by atoms with Gasteiger partial charge in [-0.1, -0.05) is 45.0 Å². The van der Waals surface area contributed by atoms with Crippen LogP contribution in [0, 0.1) is 0 Å². The molecule has 1 heterocycles. The van der Waals surface area contributed by atoms with Crippen LogP contribution in [0.2, 0.25) is 0 Å². The second-order valence-corrected chi connectivity index (χ2v) is 9.30. The van der Waals surface area contributed by atoms with Gasteiger partial charge in [0.25, 0.3) is 0 Å². The van der Waals surface area contributed by atoms with Gasteiger partial charge in [0, 0.05) is 40.4 Å². The maximum Gasteiger partial charge on any atom is 0.127 e. The SMILES string of the molecule is CC(C)(C)NCc1cc(C(C)(C)C)cc(-c2cnc3ccccc3c2)c1O. The van der Waals surface area contributed by atoms with Crippen molar-refractivity contribution in [2.24, 2.45) is 0 Å². The number of fused-ring (bicyclic) bond motifs is 1. The molecule has 0 saturated heterocycles. The molecule has 0 saturated carbocycles. The van der Waals surface area contributed by atoms with Crippen LogP contribution in [0.4, 0.5) is 0 Å². The van der Waals surface area contributed by atoms with Crippen molar-refractivity contribution in [3.63, 3.8) is 0 Å². The van der Waals surface area contributed by atoms with E-state index >= 15 is 0 Å². The molecular weight excluding hydrogens is 332 g/mol. The average molecular weight is 363 g/mol. The average Bonchev–Trinajstić information content (AvgIpc) is 2.58. The molecule has 142 valence electrons. The van der Waals surface area contributed by atoms with Crippen molar-refractivity contribution in [3.8, 4) is 16.9 Å². The first-order chi connectivity index (χ1) is 12.5. The fourth-order valence-corrected chi connectivity index (χ4v) is 3.06. The summed E-state index contributed by atoms with van der Waals surface area (Å²) < 4.78 is 0. The van der Waals surface area contributed by atoms with E-state index in [0.717, 1.165) is 27.6 Å². The largest absolute Gasteiger partial charge is 0.507 e. The molecule has 2 aromatic carbocycles. The molecule has 3 rings (SSSR count). The molecule has 27 heavy (non-hydrogen) atoms. The number of aromatic hydroxyl groups is 1. The van der Waals surface area contributed by atoms with Gasteiger partial charge in [0.1, 0.15) is 5.75 Å². The minimum absolute atomic E-state index is 0.0107. The van der Waals surface area contributed by atoms with Gasteiger partial charge in [-0.2, -0.15) is 0 Å². The Morgan fingerprint density at radius 2 is 1.67 bits per heavy atom. The van der Waals surface area contributed by atoms with Gasteiger partial charge in [-0.15, -0.1) is 0 Å². The van der Waals surface area contributed by atoms with Crippen molar-refractivity contribution in [3.05, 3.63) is 59.8 Å². The summed E-state index contributed by atoms with van der Waals surface area (Å²) >= 11 is 0. The summed E-state index contributed by atoms with van der Waals surface area (Å²) in [6.45, 7) is 13.6. The first-order valence-corrected chi connectivity index (χ1v) is 9.51. The Balaban J connectivity index is 2.14. The van der Waals surface area contributed by atoms with Gasteiger partial charge < -0.3 is 10.4 Å². The van der Waals surface area contributed by atoms with E-state index in [-0.39, 0.29) is 11.0 Å². The van der Waals surface area contributed by atoms with Gasteiger partial charge >= 0.3 is 0 Å². The molecular formula is C24H30N2O.